The van der Waals surface area contributed by atoms with Crippen LogP contribution in [0.15, 0.2) is 18.2 Å². The van der Waals surface area contributed by atoms with Crippen molar-refractivity contribution in [1.82, 2.24) is 5.32 Å². The molecule has 0 radical (unpaired) electrons. The van der Waals surface area contributed by atoms with Crippen molar-refractivity contribution in [2.45, 2.75) is 58.0 Å². The largest absolute Gasteiger partial charge is 0.493 e. The minimum atomic E-state index is 0.723. The Labute approximate surface area is 128 Å². The Morgan fingerprint density at radius 3 is 2.67 bits per heavy atom. The van der Waals surface area contributed by atoms with Gasteiger partial charge in [-0.05, 0) is 37.7 Å². The van der Waals surface area contributed by atoms with Crippen LogP contribution in [0.2, 0.25) is 0 Å². The zero-order chi connectivity index (χ0) is 14.5. The Balaban J connectivity index is 1.59. The third kappa shape index (κ3) is 4.92. The molecule has 0 heterocycles. The van der Waals surface area contributed by atoms with Crippen LogP contribution >= 0.6 is 0 Å². The Morgan fingerprint density at radius 1 is 1.10 bits per heavy atom. The fraction of sp³-hybridized carbons (Fsp3) is 0.667. The molecule has 2 fully saturated rings. The lowest BCUT2D eigenvalue weighted by molar-refractivity contribution is 0.290. The summed E-state index contributed by atoms with van der Waals surface area (Å²) in [7, 11) is 0. The highest BCUT2D eigenvalue weighted by Crippen LogP contribution is 2.33. The van der Waals surface area contributed by atoms with Crippen molar-refractivity contribution in [2.75, 3.05) is 13.2 Å². The van der Waals surface area contributed by atoms with Crippen LogP contribution in [0.5, 0.6) is 11.5 Å². The highest BCUT2D eigenvalue weighted by Gasteiger charge is 2.22. The number of benzene rings is 1. The first-order valence-electron chi connectivity index (χ1n) is 8.47. The molecule has 2 aliphatic carbocycles. The second-order valence-corrected chi connectivity index (χ2v) is 6.35. The third-order valence-electron chi connectivity index (χ3n) is 4.15. The number of nitrogens with one attached hydrogen (secondary N) is 1. The molecular weight excluding hydrogens is 262 g/mol. The first-order valence-corrected chi connectivity index (χ1v) is 8.47. The maximum Gasteiger partial charge on any atom is 0.127 e. The Morgan fingerprint density at radius 2 is 1.95 bits per heavy atom. The van der Waals surface area contributed by atoms with Crippen molar-refractivity contribution >= 4 is 0 Å². The van der Waals surface area contributed by atoms with Gasteiger partial charge in [-0.15, -0.1) is 0 Å². The average Bonchev–Trinajstić information content (AvgIpc) is 3.37. The summed E-state index contributed by atoms with van der Waals surface area (Å²) in [6, 6.07) is 6.99. The number of hydrogen-bond donors (Lipinski definition) is 1. The van der Waals surface area contributed by atoms with Crippen molar-refractivity contribution in [3.63, 3.8) is 0 Å². The quantitative estimate of drug-likeness (QED) is 0.708. The summed E-state index contributed by atoms with van der Waals surface area (Å²) in [5.41, 5.74) is 1.25. The van der Waals surface area contributed by atoms with Crippen molar-refractivity contribution in [2.24, 2.45) is 5.92 Å². The highest BCUT2D eigenvalue weighted by molar-refractivity contribution is 5.40. The van der Waals surface area contributed by atoms with E-state index in [0.29, 0.717) is 0 Å². The van der Waals surface area contributed by atoms with Crippen LogP contribution in [-0.2, 0) is 6.54 Å². The van der Waals surface area contributed by atoms with E-state index in [4.69, 9.17) is 9.47 Å². The molecule has 0 aliphatic heterocycles. The molecule has 0 spiro atoms. The molecule has 0 saturated heterocycles. The van der Waals surface area contributed by atoms with Crippen LogP contribution in [0, 0.1) is 5.92 Å². The predicted octanol–water partition coefficient (Wildman–Crippen LogP) is 3.91. The van der Waals surface area contributed by atoms with Gasteiger partial charge >= 0.3 is 0 Å². The second-order valence-electron chi connectivity index (χ2n) is 6.35. The van der Waals surface area contributed by atoms with E-state index in [9.17, 15) is 0 Å². The van der Waals surface area contributed by atoms with E-state index in [1.165, 1.54) is 37.7 Å². The molecule has 0 aromatic heterocycles. The van der Waals surface area contributed by atoms with Gasteiger partial charge < -0.3 is 14.8 Å². The van der Waals surface area contributed by atoms with Gasteiger partial charge in [0.2, 0.25) is 0 Å². The molecule has 0 bridgehead atoms. The molecule has 2 aliphatic rings. The van der Waals surface area contributed by atoms with Gasteiger partial charge in [-0.3, -0.25) is 0 Å². The zero-order valence-corrected chi connectivity index (χ0v) is 13.1. The molecule has 0 atom stereocenters. The van der Waals surface area contributed by atoms with Gasteiger partial charge in [-0.25, -0.2) is 0 Å². The van der Waals surface area contributed by atoms with Gasteiger partial charge in [0.15, 0.2) is 0 Å². The third-order valence-corrected chi connectivity index (χ3v) is 4.15. The molecule has 1 aromatic rings. The molecule has 1 N–H and O–H groups in total. The van der Waals surface area contributed by atoms with E-state index in [2.05, 4.69) is 30.4 Å². The van der Waals surface area contributed by atoms with Crippen molar-refractivity contribution in [3.05, 3.63) is 23.8 Å². The number of ether oxygens (including phenoxy) is 2. The molecule has 0 amide bonds. The average molecular weight is 289 g/mol. The normalized spacial score (nSPS) is 17.8. The summed E-state index contributed by atoms with van der Waals surface area (Å²) in [5, 5.41) is 3.57. The molecule has 3 rings (SSSR count). The fourth-order valence-electron chi connectivity index (χ4n) is 2.41. The predicted molar refractivity (Wildman–Crippen MR) is 84.9 cm³/mol. The van der Waals surface area contributed by atoms with Crippen LogP contribution in [-0.4, -0.2) is 19.3 Å². The van der Waals surface area contributed by atoms with Gasteiger partial charge in [0.1, 0.15) is 11.5 Å². The van der Waals surface area contributed by atoms with Crippen molar-refractivity contribution < 1.29 is 9.47 Å². The second kappa shape index (κ2) is 7.17. The van der Waals surface area contributed by atoms with Crippen molar-refractivity contribution in [3.8, 4) is 11.5 Å². The van der Waals surface area contributed by atoms with Crippen LogP contribution in [0.25, 0.3) is 0 Å². The van der Waals surface area contributed by atoms with Gasteiger partial charge in [0, 0.05) is 24.2 Å². The maximum absolute atomic E-state index is 6.04. The van der Waals surface area contributed by atoms with E-state index in [-0.39, 0.29) is 0 Å². The molecule has 116 valence electrons. The molecule has 3 heteroatoms. The van der Waals surface area contributed by atoms with Crippen LogP contribution in [0.3, 0.4) is 0 Å². The van der Waals surface area contributed by atoms with Gasteiger partial charge in [-0.1, -0.05) is 25.8 Å². The lowest BCUT2D eigenvalue weighted by Gasteiger charge is -2.14. The smallest absolute Gasteiger partial charge is 0.127 e. The summed E-state index contributed by atoms with van der Waals surface area (Å²) >= 11 is 0. The van der Waals surface area contributed by atoms with Crippen LogP contribution in [0.4, 0.5) is 0 Å². The van der Waals surface area contributed by atoms with E-state index in [1.807, 2.05) is 0 Å². The SMILES string of the molecule is CCCOc1ccc(CNC2CC2)c(OCCC2CC2)c1. The van der Waals surface area contributed by atoms with Crippen LogP contribution in [0.1, 0.15) is 51.0 Å². The monoisotopic (exact) mass is 289 g/mol. The van der Waals surface area contributed by atoms with E-state index < -0.39 is 0 Å². The van der Waals surface area contributed by atoms with E-state index in [0.717, 1.165) is 49.6 Å². The Hall–Kier alpha value is -1.22. The zero-order valence-electron chi connectivity index (χ0n) is 13.1. The Kier molecular flexibility index (Phi) is 5.02. The van der Waals surface area contributed by atoms with Gasteiger partial charge in [-0.2, -0.15) is 0 Å². The first kappa shape index (κ1) is 14.7. The topological polar surface area (TPSA) is 30.5 Å². The fourth-order valence-corrected chi connectivity index (χ4v) is 2.41. The molecule has 0 unspecified atom stereocenters. The summed E-state index contributed by atoms with van der Waals surface area (Å²) in [5.74, 6) is 2.84. The highest BCUT2D eigenvalue weighted by atomic mass is 16.5. The maximum atomic E-state index is 6.04. The lowest BCUT2D eigenvalue weighted by atomic mass is 10.2. The Bertz CT molecular complexity index is 453. The summed E-state index contributed by atoms with van der Waals surface area (Å²) < 4.78 is 11.8. The van der Waals surface area contributed by atoms with Crippen LogP contribution < -0.4 is 14.8 Å². The minimum absolute atomic E-state index is 0.723. The van der Waals surface area contributed by atoms with Crippen molar-refractivity contribution in [1.29, 1.82) is 0 Å². The summed E-state index contributed by atoms with van der Waals surface area (Å²) in [6.07, 6.45) is 7.63. The number of hydrogen-bond acceptors (Lipinski definition) is 3. The number of rotatable bonds is 10. The summed E-state index contributed by atoms with van der Waals surface area (Å²) in [6.45, 7) is 4.62. The standard InChI is InChI=1S/C18H27NO2/c1-2-10-20-17-8-5-15(13-19-16-6-7-16)18(12-17)21-11-9-14-3-4-14/h5,8,12,14,16,19H,2-4,6-7,9-11,13H2,1H3. The first-order chi connectivity index (χ1) is 10.3. The molecule has 3 nitrogen and oxygen atoms in total. The van der Waals surface area contributed by atoms with E-state index in [1.54, 1.807) is 0 Å². The summed E-state index contributed by atoms with van der Waals surface area (Å²) in [4.78, 5) is 0. The van der Waals surface area contributed by atoms with Gasteiger partial charge in [0.05, 0.1) is 13.2 Å². The lowest BCUT2D eigenvalue weighted by Crippen LogP contribution is -2.16. The molecule has 1 aromatic carbocycles. The van der Waals surface area contributed by atoms with Gasteiger partial charge in [0.25, 0.3) is 0 Å². The molecule has 21 heavy (non-hydrogen) atoms. The molecular formula is C18H27NO2. The minimum Gasteiger partial charge on any atom is -0.493 e. The van der Waals surface area contributed by atoms with E-state index >= 15 is 0 Å². The molecule has 2 saturated carbocycles.